The fourth-order valence-electron chi connectivity index (χ4n) is 3.87. The summed E-state index contributed by atoms with van der Waals surface area (Å²) in [6.45, 7) is 1.33. The fraction of sp³-hybridized carbons (Fsp3) is 0.286. The number of para-hydroxylation sites is 1. The number of hydrogen-bond acceptors (Lipinski definition) is 7. The highest BCUT2D eigenvalue weighted by Crippen LogP contribution is 2.37. The third-order valence-electron chi connectivity index (χ3n) is 5.38. The van der Waals surface area contributed by atoms with E-state index in [1.54, 1.807) is 22.8 Å². The molecule has 1 aliphatic heterocycles. The molecule has 0 saturated carbocycles. The zero-order chi connectivity index (χ0) is 21.4. The van der Waals surface area contributed by atoms with E-state index in [0.29, 0.717) is 24.6 Å². The average molecular weight is 436 g/mol. The maximum atomic E-state index is 13.1. The van der Waals surface area contributed by atoms with Crippen LogP contribution in [0.15, 0.2) is 42.6 Å². The van der Waals surface area contributed by atoms with E-state index in [9.17, 15) is 9.59 Å². The number of amides is 2. The molecule has 1 N–H and O–H groups in total. The fourth-order valence-corrected chi connectivity index (χ4v) is 5.01. The summed E-state index contributed by atoms with van der Waals surface area (Å²) in [6, 6.07) is 11.3. The van der Waals surface area contributed by atoms with Crippen LogP contribution in [0.4, 0.5) is 0 Å². The van der Waals surface area contributed by atoms with Gasteiger partial charge in [0.1, 0.15) is 27.9 Å². The second-order valence-corrected chi connectivity index (χ2v) is 8.21. The van der Waals surface area contributed by atoms with Gasteiger partial charge in [-0.1, -0.05) is 23.4 Å². The van der Waals surface area contributed by atoms with Gasteiger partial charge < -0.3 is 15.0 Å². The first kappa shape index (κ1) is 19.6. The number of hydrogen-bond donors (Lipinski definition) is 1. The Morgan fingerprint density at radius 2 is 2.13 bits per heavy atom. The van der Waals surface area contributed by atoms with E-state index < -0.39 is 6.10 Å². The lowest BCUT2D eigenvalue weighted by atomic mass is 10.0. The lowest BCUT2D eigenvalue weighted by Crippen LogP contribution is -2.44. The molecular formula is C21H20N6O3S. The largest absolute Gasteiger partial charge is 0.370 e. The first-order valence-corrected chi connectivity index (χ1v) is 10.7. The monoisotopic (exact) mass is 436 g/mol. The Bertz CT molecular complexity index is 1280. The van der Waals surface area contributed by atoms with Gasteiger partial charge in [0.2, 0.25) is 5.91 Å². The maximum Gasteiger partial charge on any atom is 0.261 e. The van der Waals surface area contributed by atoms with Gasteiger partial charge in [-0.15, -0.1) is 16.4 Å². The summed E-state index contributed by atoms with van der Waals surface area (Å²) in [6.07, 6.45) is 1.30. The number of nitrogens with one attached hydrogen (secondary N) is 1. The Balaban J connectivity index is 1.42. The number of benzene rings is 1. The van der Waals surface area contributed by atoms with Gasteiger partial charge >= 0.3 is 0 Å². The zero-order valence-electron chi connectivity index (χ0n) is 16.8. The SMILES string of the molecule is CNC(=O)c1sc2ncccc2c1[C@@H]1CN(C(=O)Cn2nnc3ccccc32)CCO1. The van der Waals surface area contributed by atoms with E-state index in [1.165, 1.54) is 11.3 Å². The van der Waals surface area contributed by atoms with Crippen LogP contribution in [-0.2, 0) is 16.1 Å². The lowest BCUT2D eigenvalue weighted by molar-refractivity contribution is -0.139. The number of rotatable bonds is 4. The number of aromatic nitrogens is 4. The summed E-state index contributed by atoms with van der Waals surface area (Å²) < 4.78 is 7.63. The van der Waals surface area contributed by atoms with Crippen molar-refractivity contribution in [2.75, 3.05) is 26.7 Å². The molecule has 10 heteroatoms. The predicted molar refractivity (Wildman–Crippen MR) is 116 cm³/mol. The van der Waals surface area contributed by atoms with E-state index in [4.69, 9.17) is 4.74 Å². The van der Waals surface area contributed by atoms with E-state index in [0.717, 1.165) is 26.8 Å². The normalized spacial score (nSPS) is 16.7. The molecule has 0 bridgehead atoms. The first-order valence-electron chi connectivity index (χ1n) is 9.93. The highest BCUT2D eigenvalue weighted by Gasteiger charge is 2.31. The van der Waals surface area contributed by atoms with Crippen molar-refractivity contribution in [2.45, 2.75) is 12.6 Å². The minimum atomic E-state index is -0.407. The summed E-state index contributed by atoms with van der Waals surface area (Å²) in [7, 11) is 1.60. The molecular weight excluding hydrogens is 416 g/mol. The van der Waals surface area contributed by atoms with Crippen molar-refractivity contribution in [1.82, 2.24) is 30.2 Å². The molecule has 31 heavy (non-hydrogen) atoms. The van der Waals surface area contributed by atoms with Crippen molar-refractivity contribution in [3.63, 3.8) is 0 Å². The molecule has 4 aromatic rings. The Kier molecular flexibility index (Phi) is 5.08. The van der Waals surface area contributed by atoms with Gasteiger partial charge in [-0.3, -0.25) is 9.59 Å². The minimum absolute atomic E-state index is 0.0666. The number of fused-ring (bicyclic) bond motifs is 2. The third kappa shape index (κ3) is 3.53. The molecule has 1 aromatic carbocycles. The second-order valence-electron chi connectivity index (χ2n) is 7.22. The van der Waals surface area contributed by atoms with Crippen LogP contribution in [0.2, 0.25) is 0 Å². The number of morpholine rings is 1. The smallest absolute Gasteiger partial charge is 0.261 e. The molecule has 2 amide bonds. The van der Waals surface area contributed by atoms with Crippen LogP contribution in [0.3, 0.4) is 0 Å². The van der Waals surface area contributed by atoms with Crippen LogP contribution < -0.4 is 5.32 Å². The van der Waals surface area contributed by atoms with Crippen LogP contribution in [0.25, 0.3) is 21.3 Å². The van der Waals surface area contributed by atoms with Crippen molar-refractivity contribution < 1.29 is 14.3 Å². The van der Waals surface area contributed by atoms with Crippen molar-refractivity contribution in [3.05, 3.63) is 53.0 Å². The summed E-state index contributed by atoms with van der Waals surface area (Å²) in [5, 5.41) is 11.8. The Morgan fingerprint density at radius 1 is 1.26 bits per heavy atom. The van der Waals surface area contributed by atoms with Crippen molar-refractivity contribution in [1.29, 1.82) is 0 Å². The van der Waals surface area contributed by atoms with Gasteiger partial charge in [0.25, 0.3) is 5.91 Å². The second kappa shape index (κ2) is 8.05. The predicted octanol–water partition coefficient (Wildman–Crippen LogP) is 2.00. The molecule has 4 heterocycles. The van der Waals surface area contributed by atoms with E-state index in [1.807, 2.05) is 36.4 Å². The summed E-state index contributed by atoms with van der Waals surface area (Å²) >= 11 is 1.34. The number of carbonyl (C=O) groups excluding carboxylic acids is 2. The average Bonchev–Trinajstić information content (AvgIpc) is 3.40. The molecule has 3 aromatic heterocycles. The van der Waals surface area contributed by atoms with Crippen LogP contribution in [-0.4, -0.2) is 63.4 Å². The van der Waals surface area contributed by atoms with E-state index >= 15 is 0 Å². The highest BCUT2D eigenvalue weighted by atomic mass is 32.1. The van der Waals surface area contributed by atoms with Crippen molar-refractivity contribution in [3.8, 4) is 0 Å². The topological polar surface area (TPSA) is 102 Å². The standard InChI is InChI=1S/C21H20N6O3S/c1-22-20(29)19-18(13-5-4-8-23-21(13)31-19)16-11-26(9-10-30-16)17(28)12-27-15-7-3-2-6-14(15)24-25-27/h2-8,16H,9-12H2,1H3,(H,22,29)/t16-/m0/s1. The molecule has 1 atom stereocenters. The van der Waals surface area contributed by atoms with Gasteiger partial charge in [-0.25, -0.2) is 9.67 Å². The van der Waals surface area contributed by atoms with Crippen molar-refractivity contribution in [2.24, 2.45) is 0 Å². The third-order valence-corrected chi connectivity index (χ3v) is 6.51. The van der Waals surface area contributed by atoms with Crippen LogP contribution in [0.5, 0.6) is 0 Å². The highest BCUT2D eigenvalue weighted by molar-refractivity contribution is 7.20. The summed E-state index contributed by atoms with van der Waals surface area (Å²) in [5.41, 5.74) is 2.36. The first-order chi connectivity index (χ1) is 15.2. The molecule has 1 saturated heterocycles. The number of pyridine rings is 1. The Hall–Kier alpha value is -3.37. The summed E-state index contributed by atoms with van der Waals surface area (Å²) in [5.74, 6) is -0.248. The lowest BCUT2D eigenvalue weighted by Gasteiger charge is -2.33. The van der Waals surface area contributed by atoms with Crippen LogP contribution in [0, 0.1) is 0 Å². The number of carbonyl (C=O) groups is 2. The zero-order valence-corrected chi connectivity index (χ0v) is 17.6. The van der Waals surface area contributed by atoms with Crippen LogP contribution in [0.1, 0.15) is 21.3 Å². The quantitative estimate of drug-likeness (QED) is 0.525. The van der Waals surface area contributed by atoms with Crippen molar-refractivity contribution >= 4 is 44.4 Å². The van der Waals surface area contributed by atoms with E-state index in [2.05, 4.69) is 20.6 Å². The molecule has 0 spiro atoms. The van der Waals surface area contributed by atoms with Crippen LogP contribution >= 0.6 is 11.3 Å². The number of nitrogens with zero attached hydrogens (tertiary/aromatic N) is 5. The molecule has 5 rings (SSSR count). The Labute approximate surface area is 181 Å². The molecule has 0 aliphatic carbocycles. The van der Waals surface area contributed by atoms with Gasteiger partial charge in [0.15, 0.2) is 0 Å². The van der Waals surface area contributed by atoms with E-state index in [-0.39, 0.29) is 18.4 Å². The number of thiophene rings is 1. The molecule has 158 valence electrons. The molecule has 1 fully saturated rings. The molecule has 0 radical (unpaired) electrons. The molecule has 9 nitrogen and oxygen atoms in total. The van der Waals surface area contributed by atoms with Gasteiger partial charge in [-0.2, -0.15) is 0 Å². The Morgan fingerprint density at radius 3 is 3.00 bits per heavy atom. The number of ether oxygens (including phenoxy) is 1. The minimum Gasteiger partial charge on any atom is -0.370 e. The molecule has 0 unspecified atom stereocenters. The summed E-state index contributed by atoms with van der Waals surface area (Å²) in [4.78, 5) is 33.1. The maximum absolute atomic E-state index is 13.1. The van der Waals surface area contributed by atoms with Gasteiger partial charge in [0.05, 0.1) is 18.7 Å². The molecule has 1 aliphatic rings. The van der Waals surface area contributed by atoms with Gasteiger partial charge in [0, 0.05) is 30.7 Å². The van der Waals surface area contributed by atoms with Gasteiger partial charge in [-0.05, 0) is 18.2 Å².